The summed E-state index contributed by atoms with van der Waals surface area (Å²) in [6, 6.07) is 0. The normalized spacial score (nSPS) is 20.8. The topological polar surface area (TPSA) is 877 Å². The van der Waals surface area contributed by atoms with Crippen LogP contribution < -0.4 is 102 Å². The van der Waals surface area contributed by atoms with Crippen molar-refractivity contribution in [3.8, 4) is 0 Å². The second-order valence-electron chi connectivity index (χ2n) is 22.3. The van der Waals surface area contributed by atoms with Gasteiger partial charge in [-0.25, -0.2) is 0 Å². The molecule has 20 unspecified atom stereocenters. The van der Waals surface area contributed by atoms with Crippen molar-refractivity contribution in [2.45, 2.75) is 0 Å². The van der Waals surface area contributed by atoms with E-state index in [4.69, 9.17) is 10.00 Å². The largest absolute Gasteiger partial charge is 0.756 e. The van der Waals surface area contributed by atoms with E-state index in [0.717, 1.165) is 33.2 Å². The molecule has 9 N–H and O–H groups in total. The minimum atomic E-state index is -5.54. The van der Waals surface area contributed by atoms with E-state index in [1.807, 2.05) is 0 Å². The Bertz CT molecular complexity index is 3460. The van der Waals surface area contributed by atoms with Gasteiger partial charge in [0.05, 0.1) is 165 Å². The fraction of sp³-hybridized carbons (Fsp3) is 1.00. The molecule has 60 nitrogen and oxygen atoms in total. The second-order valence-corrected chi connectivity index (χ2v) is 40.4. The zero-order valence-electron chi connectivity index (χ0n) is 61.1. The van der Waals surface area contributed by atoms with Crippen molar-refractivity contribution in [3.63, 3.8) is 0 Å². The molecule has 0 heterocycles. The molecule has 0 aromatic rings. The number of rotatable bonds is 84. The highest BCUT2D eigenvalue weighted by Gasteiger charge is 2.28. The quantitative estimate of drug-likeness (QED) is 0.0118. The van der Waals surface area contributed by atoms with Crippen LogP contribution in [0.5, 0.6) is 0 Å². The van der Waals surface area contributed by atoms with Crippen LogP contribution in [0.15, 0.2) is 0 Å². The summed E-state index contributed by atoms with van der Waals surface area (Å²) >= 11 is 0. The maximum absolute atomic E-state index is 13.1. The third kappa shape index (κ3) is 67.8. The van der Waals surface area contributed by atoms with Gasteiger partial charge in [0.15, 0.2) is 0 Å². The number of nitrogens with one attached hydrogen (secondary N) is 7. The molecule has 0 aliphatic heterocycles. The number of aliphatic hydroxyl groups excluding tert-OH is 1. The predicted molar refractivity (Wildman–Crippen MR) is 345 cm³/mol. The SMILES string of the molecule is O=P([O-])(O)OCC(CNF)COP(=O)([O-])OCCOP(=O)([O-])OCC(CNF)COP(=O)([O-])OCCOP(=O)([O-])OCC(CNF)COP(=O)([O-])OCCOP(=O)([O-])OCC(CNF)COP(=O)([O-])OCCOP(=O)([O-])OCC(CNF)COP(=O)([O-])OCCOP(=O)([O-])OCC(CNF)COP(=O)([O-])OCCOP(=O)([O-])OCC(CO)CNF. The van der Waals surface area contributed by atoms with Crippen LogP contribution in [0.3, 0.4) is 0 Å². The smallest absolute Gasteiger partial charge is 0.267 e. The maximum atomic E-state index is 13.1. The Hall–Kier alpha value is 0.620. The number of aliphatic hydroxyl groups is 1. The molecule has 0 aliphatic carbocycles. The van der Waals surface area contributed by atoms with Gasteiger partial charge in [-0.15, -0.1) is 31.4 Å². The van der Waals surface area contributed by atoms with Crippen LogP contribution in [0.1, 0.15) is 0 Å². The third-order valence-electron chi connectivity index (χ3n) is 12.4. The number of halogens is 7. The summed E-state index contributed by atoms with van der Waals surface area (Å²) in [6.07, 6.45) is 0. The van der Waals surface area contributed by atoms with E-state index in [1.165, 1.54) is 5.54 Å². The summed E-state index contributed by atoms with van der Waals surface area (Å²) in [5, 5.41) is 9.03. The van der Waals surface area contributed by atoms with Gasteiger partial charge in [-0.1, -0.05) is 0 Å². The average molecular weight is 2040 g/mol. The fourth-order valence-corrected chi connectivity index (χ4v) is 16.3. The monoisotopic (exact) mass is 2040 g/mol. The van der Waals surface area contributed by atoms with Crippen molar-refractivity contribution >= 4 is 102 Å². The zero-order chi connectivity index (χ0) is 91.5. The predicted octanol–water partition coefficient (Wildman–Crippen LogP) is -6.89. The molecule has 0 rings (SSSR count). The van der Waals surface area contributed by atoms with E-state index in [-0.39, 0.29) is 0 Å². The Morgan fingerprint density at radius 2 is 0.292 bits per heavy atom. The minimum Gasteiger partial charge on any atom is -0.756 e. The highest BCUT2D eigenvalue weighted by atomic mass is 31.2. The summed E-state index contributed by atoms with van der Waals surface area (Å²) in [5.41, 5.74) is 7.49. The van der Waals surface area contributed by atoms with Gasteiger partial charge in [-0.05, 0) is 0 Å². The molecular weight excluding hydrogens is 1960 g/mol. The van der Waals surface area contributed by atoms with E-state index in [9.17, 15) is 154 Å². The summed E-state index contributed by atoms with van der Waals surface area (Å²) < 4.78 is 357. The molecule has 0 aliphatic rings. The number of phosphoric acid groups is 13. The molecule has 80 heteroatoms. The molecule has 0 saturated heterocycles. The van der Waals surface area contributed by atoms with Crippen LogP contribution in [0.4, 0.5) is 31.4 Å². The molecule has 0 bridgehead atoms. The van der Waals surface area contributed by atoms with Crippen LogP contribution in [0.2, 0.25) is 0 Å². The van der Waals surface area contributed by atoms with Crippen LogP contribution >= 0.6 is 102 Å². The molecule has 20 atom stereocenters. The van der Waals surface area contributed by atoms with Crippen molar-refractivity contribution in [3.05, 3.63) is 0 Å². The Morgan fingerprint density at radius 3 is 0.392 bits per heavy atom. The number of hydrogen-bond donors (Lipinski definition) is 9. The summed E-state index contributed by atoms with van der Waals surface area (Å²) in [4.78, 5) is 166. The molecule has 0 spiro atoms. The zero-order valence-corrected chi connectivity index (χ0v) is 72.7. The molecular formula is C40H82F7N7O53P13-13. The number of hydrogen-bond acceptors (Lipinski definition) is 59. The molecule has 722 valence electrons. The summed E-state index contributed by atoms with van der Waals surface area (Å²) in [5.74, 6) is -10.0. The molecule has 0 aromatic heterocycles. The third-order valence-corrected chi connectivity index (χ3v) is 24.4. The fourth-order valence-electron chi connectivity index (χ4n) is 6.73. The van der Waals surface area contributed by atoms with Gasteiger partial charge in [-0.2, -0.15) is 38.8 Å². The molecule has 0 saturated carbocycles. The van der Waals surface area contributed by atoms with Gasteiger partial charge in [0.2, 0.25) is 0 Å². The van der Waals surface area contributed by atoms with Gasteiger partial charge in [0, 0.05) is 93.8 Å². The first-order chi connectivity index (χ1) is 55.6. The maximum Gasteiger partial charge on any atom is 0.267 e. The lowest BCUT2D eigenvalue weighted by Gasteiger charge is -2.29. The summed E-state index contributed by atoms with van der Waals surface area (Å²) in [6.45, 7) is -34.0. The van der Waals surface area contributed by atoms with Crippen LogP contribution in [0, 0.1) is 41.4 Å². The Balaban J connectivity index is 4.90. The van der Waals surface area contributed by atoms with E-state index in [0.29, 0.717) is 0 Å². The second kappa shape index (κ2) is 62.1. The Labute approximate surface area is 674 Å². The first-order valence-electron chi connectivity index (χ1n) is 32.4. The van der Waals surface area contributed by atoms with Gasteiger partial charge in [-0.3, -0.25) is 59.3 Å². The summed E-state index contributed by atoms with van der Waals surface area (Å²) in [7, 11) is -70.5. The van der Waals surface area contributed by atoms with E-state index >= 15 is 0 Å². The van der Waals surface area contributed by atoms with Gasteiger partial charge in [0.25, 0.3) is 102 Å². The molecule has 0 amide bonds. The van der Waals surface area contributed by atoms with Gasteiger partial charge < -0.3 is 187 Å². The van der Waals surface area contributed by atoms with E-state index in [2.05, 4.69) is 113 Å². The standard InChI is InChI=1S/C40H95F7N7O53P13/c41-48-13-34(20-55)21-96-109(59,60)83-1-2-85-111(63,64)98-24-36(15-50-43)25-100-113(67,68)87-5-6-89-115(71,72)102-28-38(17-52-45)29-104-117(75,76)91-9-10-93-119(79,80)106-32-40(19-54-47)33-107-120(81,82)94-12-11-92-118(77,78)105-31-39(18-53-46)30-103-116(73,74)90-8-7-88-114(69,70)101-27-37(16-51-44)26-99-112(65,66)86-4-3-84-110(61,62)97-23-35(14-49-42)22-95-108(56,57)58/h34-40,48-55H,1-33H2,(H,59,60)(H,61,62)(H,63,64)(H,65,66)(H,67,68)(H,69,70)(H,71,72)(H,73,74)(H,75,76)(H,77,78)(H,79,80)(H,81,82)(H2,56,57,58)/p-13. The van der Waals surface area contributed by atoms with E-state index < -0.39 is 361 Å². The highest BCUT2D eigenvalue weighted by Crippen LogP contribution is 2.49. The minimum absolute atomic E-state index is 0.497. The van der Waals surface area contributed by atoms with Crippen LogP contribution in [0.25, 0.3) is 0 Å². The van der Waals surface area contributed by atoms with Gasteiger partial charge in [0.1, 0.15) is 0 Å². The first-order valence-corrected chi connectivity index (χ1v) is 51.4. The van der Waals surface area contributed by atoms with Crippen molar-refractivity contribution in [2.75, 3.05) is 218 Å². The molecule has 0 aromatic carbocycles. The lowest BCUT2D eigenvalue weighted by atomic mass is 10.2. The molecule has 0 radical (unpaired) electrons. The Morgan fingerprint density at radius 1 is 0.192 bits per heavy atom. The lowest BCUT2D eigenvalue weighted by molar-refractivity contribution is -0.237. The van der Waals surface area contributed by atoms with Crippen molar-refractivity contribution < 1.29 is 277 Å². The molecule has 120 heavy (non-hydrogen) atoms. The highest BCUT2D eigenvalue weighted by molar-refractivity contribution is 7.49. The van der Waals surface area contributed by atoms with Crippen molar-refractivity contribution in [1.29, 1.82) is 0 Å². The molecule has 0 fully saturated rings. The Kier molecular flexibility index (Phi) is 62.4. The van der Waals surface area contributed by atoms with Crippen LogP contribution in [-0.4, -0.2) is 228 Å². The van der Waals surface area contributed by atoms with Gasteiger partial charge >= 0.3 is 0 Å². The lowest BCUT2D eigenvalue weighted by Crippen LogP contribution is -2.28. The van der Waals surface area contributed by atoms with Crippen molar-refractivity contribution in [2.24, 2.45) is 41.4 Å². The van der Waals surface area contributed by atoms with E-state index in [1.54, 1.807) is 0 Å². The number of phosphoric ester groups is 13. The average Bonchev–Trinajstić information content (AvgIpc) is 0.891. The first kappa shape index (κ1) is 121. The van der Waals surface area contributed by atoms with Crippen LogP contribution in [-0.2, 0) is 172 Å². The van der Waals surface area contributed by atoms with Crippen molar-refractivity contribution in [1.82, 2.24) is 38.8 Å².